The Morgan fingerprint density at radius 1 is 1.41 bits per heavy atom. The number of benzene rings is 1. The number of carbonyl (C=O) groups is 1. The number of nitrogens with one attached hydrogen (secondary N) is 2. The van der Waals surface area contributed by atoms with E-state index in [-0.39, 0.29) is 27.7 Å². The van der Waals surface area contributed by atoms with Gasteiger partial charge in [0.1, 0.15) is 5.82 Å². The molecular formula is C11H11Cl2FN2O. The average molecular weight is 277 g/mol. The molecule has 17 heavy (non-hydrogen) atoms. The molecule has 1 saturated heterocycles. The fourth-order valence-electron chi connectivity index (χ4n) is 1.78. The van der Waals surface area contributed by atoms with E-state index in [1.165, 1.54) is 0 Å². The smallest absolute Gasteiger partial charge is 0.241 e. The maximum absolute atomic E-state index is 13.0. The molecule has 1 aliphatic rings. The van der Waals surface area contributed by atoms with Crippen LogP contribution in [-0.2, 0) is 4.79 Å². The van der Waals surface area contributed by atoms with Gasteiger partial charge in [-0.05, 0) is 31.5 Å². The molecule has 0 bridgehead atoms. The molecule has 92 valence electrons. The summed E-state index contributed by atoms with van der Waals surface area (Å²) in [5, 5.41) is 5.87. The summed E-state index contributed by atoms with van der Waals surface area (Å²) < 4.78 is 13.0. The Morgan fingerprint density at radius 2 is 2.06 bits per heavy atom. The molecule has 1 amide bonds. The van der Waals surface area contributed by atoms with E-state index in [4.69, 9.17) is 23.2 Å². The van der Waals surface area contributed by atoms with Crippen LogP contribution in [0.4, 0.5) is 10.1 Å². The molecule has 1 fully saturated rings. The quantitative estimate of drug-likeness (QED) is 0.872. The Labute approximate surface area is 108 Å². The number of anilines is 1. The van der Waals surface area contributed by atoms with E-state index < -0.39 is 5.82 Å². The average Bonchev–Trinajstić information content (AvgIpc) is 2.76. The van der Waals surface area contributed by atoms with E-state index >= 15 is 0 Å². The third-order valence-corrected chi connectivity index (χ3v) is 3.23. The Balaban J connectivity index is 2.15. The van der Waals surface area contributed by atoms with Gasteiger partial charge in [0.15, 0.2) is 0 Å². The van der Waals surface area contributed by atoms with Crippen molar-refractivity contribution in [1.29, 1.82) is 0 Å². The van der Waals surface area contributed by atoms with Gasteiger partial charge in [0.2, 0.25) is 5.91 Å². The molecule has 0 saturated carbocycles. The monoisotopic (exact) mass is 276 g/mol. The summed E-state index contributed by atoms with van der Waals surface area (Å²) in [6.07, 6.45) is 1.74. The van der Waals surface area contributed by atoms with E-state index in [0.717, 1.165) is 31.5 Å². The SMILES string of the molecule is O=C(Nc1c(Cl)cc(F)cc1Cl)C1CCCN1. The molecular weight excluding hydrogens is 266 g/mol. The van der Waals surface area contributed by atoms with E-state index in [9.17, 15) is 9.18 Å². The van der Waals surface area contributed by atoms with Crippen molar-refractivity contribution in [2.45, 2.75) is 18.9 Å². The van der Waals surface area contributed by atoms with Gasteiger partial charge in [-0.25, -0.2) is 4.39 Å². The first-order chi connectivity index (χ1) is 8.08. The molecule has 1 aliphatic heterocycles. The predicted octanol–water partition coefficient (Wildman–Crippen LogP) is 2.82. The van der Waals surface area contributed by atoms with Gasteiger partial charge in [0.05, 0.1) is 21.8 Å². The number of amides is 1. The highest BCUT2D eigenvalue weighted by atomic mass is 35.5. The molecule has 0 radical (unpaired) electrons. The van der Waals surface area contributed by atoms with Crippen LogP contribution in [0.1, 0.15) is 12.8 Å². The van der Waals surface area contributed by atoms with Gasteiger partial charge in [0.25, 0.3) is 0 Å². The fraction of sp³-hybridized carbons (Fsp3) is 0.364. The van der Waals surface area contributed by atoms with Gasteiger partial charge < -0.3 is 10.6 Å². The van der Waals surface area contributed by atoms with Gasteiger partial charge in [0, 0.05) is 0 Å². The van der Waals surface area contributed by atoms with Crippen LogP contribution in [-0.4, -0.2) is 18.5 Å². The third kappa shape index (κ3) is 2.89. The fourth-order valence-corrected chi connectivity index (χ4v) is 2.34. The van der Waals surface area contributed by atoms with E-state index in [2.05, 4.69) is 10.6 Å². The number of rotatable bonds is 2. The lowest BCUT2D eigenvalue weighted by molar-refractivity contribution is -0.117. The highest BCUT2D eigenvalue weighted by Crippen LogP contribution is 2.31. The molecule has 0 aliphatic carbocycles. The van der Waals surface area contributed by atoms with Crippen molar-refractivity contribution in [3.63, 3.8) is 0 Å². The van der Waals surface area contributed by atoms with Crippen LogP contribution in [0.2, 0.25) is 10.0 Å². The second-order valence-electron chi connectivity index (χ2n) is 3.88. The first-order valence-electron chi connectivity index (χ1n) is 5.26. The van der Waals surface area contributed by atoms with Gasteiger partial charge in [-0.2, -0.15) is 0 Å². The van der Waals surface area contributed by atoms with Crippen LogP contribution in [0.5, 0.6) is 0 Å². The molecule has 1 heterocycles. The highest BCUT2D eigenvalue weighted by molar-refractivity contribution is 6.39. The summed E-state index contributed by atoms with van der Waals surface area (Å²) in [7, 11) is 0. The van der Waals surface area contributed by atoms with Crippen molar-refractivity contribution in [3.05, 3.63) is 28.0 Å². The van der Waals surface area contributed by atoms with E-state index in [1.807, 2.05) is 0 Å². The molecule has 0 spiro atoms. The zero-order chi connectivity index (χ0) is 12.4. The van der Waals surface area contributed by atoms with Crippen molar-refractivity contribution in [1.82, 2.24) is 5.32 Å². The van der Waals surface area contributed by atoms with Crippen molar-refractivity contribution in [2.24, 2.45) is 0 Å². The molecule has 3 nitrogen and oxygen atoms in total. The predicted molar refractivity (Wildman–Crippen MR) is 66.1 cm³/mol. The van der Waals surface area contributed by atoms with E-state index in [1.54, 1.807) is 0 Å². The molecule has 2 rings (SSSR count). The third-order valence-electron chi connectivity index (χ3n) is 2.63. The van der Waals surface area contributed by atoms with Gasteiger partial charge >= 0.3 is 0 Å². The number of hydrogen-bond acceptors (Lipinski definition) is 2. The first kappa shape index (κ1) is 12.6. The first-order valence-corrected chi connectivity index (χ1v) is 6.02. The Morgan fingerprint density at radius 3 is 2.59 bits per heavy atom. The summed E-state index contributed by atoms with van der Waals surface area (Å²) in [6, 6.07) is 2.00. The molecule has 1 unspecified atom stereocenters. The Hall–Kier alpha value is -0.840. The second-order valence-corrected chi connectivity index (χ2v) is 4.70. The summed E-state index contributed by atoms with van der Waals surface area (Å²) >= 11 is 11.7. The zero-order valence-corrected chi connectivity index (χ0v) is 10.4. The summed E-state index contributed by atoms with van der Waals surface area (Å²) in [5.74, 6) is -0.727. The second kappa shape index (κ2) is 5.21. The summed E-state index contributed by atoms with van der Waals surface area (Å²) in [4.78, 5) is 11.8. The minimum Gasteiger partial charge on any atom is -0.322 e. The molecule has 1 aromatic carbocycles. The molecule has 2 N–H and O–H groups in total. The van der Waals surface area contributed by atoms with Crippen LogP contribution >= 0.6 is 23.2 Å². The zero-order valence-electron chi connectivity index (χ0n) is 8.90. The maximum atomic E-state index is 13.0. The van der Waals surface area contributed by atoms with Crippen LogP contribution in [0.15, 0.2) is 12.1 Å². The highest BCUT2D eigenvalue weighted by Gasteiger charge is 2.23. The number of hydrogen-bond donors (Lipinski definition) is 2. The lowest BCUT2D eigenvalue weighted by Gasteiger charge is -2.13. The summed E-state index contributed by atoms with van der Waals surface area (Å²) in [5.41, 5.74) is 0.258. The largest absolute Gasteiger partial charge is 0.322 e. The minimum atomic E-state index is -0.531. The Kier molecular flexibility index (Phi) is 3.86. The van der Waals surface area contributed by atoms with Crippen LogP contribution < -0.4 is 10.6 Å². The molecule has 6 heteroatoms. The van der Waals surface area contributed by atoms with Crippen molar-refractivity contribution < 1.29 is 9.18 Å². The normalized spacial score (nSPS) is 19.4. The molecule has 1 atom stereocenters. The van der Waals surface area contributed by atoms with Crippen molar-refractivity contribution in [3.8, 4) is 0 Å². The maximum Gasteiger partial charge on any atom is 0.241 e. The molecule has 1 aromatic rings. The van der Waals surface area contributed by atoms with Gasteiger partial charge in [-0.15, -0.1) is 0 Å². The standard InChI is InChI=1S/C11H11Cl2FN2O/c12-7-4-6(14)5-8(13)10(7)16-11(17)9-2-1-3-15-9/h4-5,9,15H,1-3H2,(H,16,17). The van der Waals surface area contributed by atoms with Crippen LogP contribution in [0, 0.1) is 5.82 Å². The van der Waals surface area contributed by atoms with Gasteiger partial charge in [-0.3, -0.25) is 4.79 Å². The number of carbonyl (C=O) groups excluding carboxylic acids is 1. The lowest BCUT2D eigenvalue weighted by atomic mass is 10.2. The van der Waals surface area contributed by atoms with Crippen molar-refractivity contribution in [2.75, 3.05) is 11.9 Å². The van der Waals surface area contributed by atoms with E-state index in [0.29, 0.717) is 0 Å². The number of halogens is 3. The van der Waals surface area contributed by atoms with Crippen LogP contribution in [0.25, 0.3) is 0 Å². The molecule has 0 aromatic heterocycles. The topological polar surface area (TPSA) is 41.1 Å². The van der Waals surface area contributed by atoms with Crippen molar-refractivity contribution >= 4 is 34.8 Å². The minimum absolute atomic E-state index is 0.0985. The van der Waals surface area contributed by atoms with Crippen LogP contribution in [0.3, 0.4) is 0 Å². The van der Waals surface area contributed by atoms with Gasteiger partial charge in [-0.1, -0.05) is 23.2 Å². The Bertz CT molecular complexity index is 424. The summed E-state index contributed by atoms with van der Waals surface area (Å²) in [6.45, 7) is 0.822. The lowest BCUT2D eigenvalue weighted by Crippen LogP contribution is -2.35.